The molecule has 3 rings (SSSR count). The molecule has 4 nitrogen and oxygen atoms in total. The number of benzene rings is 1. The van der Waals surface area contributed by atoms with Gasteiger partial charge in [0.05, 0.1) is 6.61 Å². The topological polar surface area (TPSA) is 30.9 Å². The Kier molecular flexibility index (Phi) is 2.65. The van der Waals surface area contributed by atoms with E-state index in [0.717, 1.165) is 31.0 Å². The highest BCUT2D eigenvalue weighted by Gasteiger charge is 2.31. The predicted molar refractivity (Wildman–Crippen MR) is 63.0 cm³/mol. The molecule has 1 aliphatic rings. The van der Waals surface area contributed by atoms with E-state index in [4.69, 9.17) is 4.74 Å². The summed E-state index contributed by atoms with van der Waals surface area (Å²) in [5.41, 5.74) is 1.10. The maximum Gasteiger partial charge on any atom is 0.278 e. The van der Waals surface area contributed by atoms with Gasteiger partial charge in [0.1, 0.15) is 11.7 Å². The molecule has 0 spiro atoms. The molecule has 0 aliphatic carbocycles. The van der Waals surface area contributed by atoms with Crippen LogP contribution in [0.3, 0.4) is 0 Å². The molecule has 1 atom stereocenters. The van der Waals surface area contributed by atoms with Gasteiger partial charge in [-0.05, 0) is 18.6 Å². The maximum absolute atomic E-state index is 5.24. The molecule has 2 heterocycles. The second kappa shape index (κ2) is 4.30. The number of aromatic nitrogens is 3. The number of fused-ring (bicyclic) bond motifs is 1. The highest BCUT2D eigenvalue weighted by Crippen LogP contribution is 2.17. The molecule has 0 fully saturated rings. The minimum absolute atomic E-state index is 0.437. The summed E-state index contributed by atoms with van der Waals surface area (Å²) in [7, 11) is 1.75. The molecule has 4 heteroatoms. The van der Waals surface area contributed by atoms with Crippen molar-refractivity contribution < 1.29 is 9.30 Å². The largest absolute Gasteiger partial charge is 0.381 e. The molecule has 2 aromatic rings. The van der Waals surface area contributed by atoms with Crippen LogP contribution in [0, 0.1) is 0 Å². The van der Waals surface area contributed by atoms with Crippen LogP contribution in [-0.2, 0) is 11.2 Å². The van der Waals surface area contributed by atoms with Gasteiger partial charge in [0.15, 0.2) is 0 Å². The third-order valence-electron chi connectivity index (χ3n) is 3.23. The average Bonchev–Trinajstić information content (AvgIpc) is 2.93. The Labute approximate surface area is 100 Å². The third kappa shape index (κ3) is 1.85. The van der Waals surface area contributed by atoms with E-state index < -0.39 is 0 Å². The smallest absolute Gasteiger partial charge is 0.278 e. The zero-order valence-electron chi connectivity index (χ0n) is 9.91. The highest BCUT2D eigenvalue weighted by molar-refractivity contribution is 5.28. The summed E-state index contributed by atoms with van der Waals surface area (Å²) in [5.74, 6) is 1.15. The summed E-state index contributed by atoms with van der Waals surface area (Å²) in [6.45, 7) is 0.762. The van der Waals surface area contributed by atoms with Crippen LogP contribution in [0.4, 0.5) is 0 Å². The Balaban J connectivity index is 1.93. The summed E-state index contributed by atoms with van der Waals surface area (Å²) >= 11 is 0. The summed E-state index contributed by atoms with van der Waals surface area (Å²) < 4.78 is 9.41. The van der Waals surface area contributed by atoms with Crippen LogP contribution >= 0.6 is 0 Å². The number of nitrogens with zero attached hydrogens (tertiary/aromatic N) is 3. The third-order valence-corrected chi connectivity index (χ3v) is 3.23. The number of methoxy groups -OCH3 is 1. The number of para-hydroxylation sites is 1. The maximum atomic E-state index is 5.24. The Bertz CT molecular complexity index is 507. The standard InChI is InChI=1S/C13H16N3O/c1-17-9-12-7-8-13-14-16(10-15(12)13)11-5-3-2-4-6-11/h2-6,10,12H,7-9H2,1H3/q+1/t12-/m0/s1. The summed E-state index contributed by atoms with van der Waals surface area (Å²) in [6, 6.07) is 10.6. The van der Waals surface area contributed by atoms with E-state index in [1.807, 2.05) is 22.9 Å². The van der Waals surface area contributed by atoms with E-state index in [0.29, 0.717) is 6.04 Å². The van der Waals surface area contributed by atoms with Crippen LogP contribution in [0.5, 0.6) is 0 Å². The van der Waals surface area contributed by atoms with Crippen molar-refractivity contribution in [2.75, 3.05) is 13.7 Å². The Hall–Kier alpha value is -1.68. The van der Waals surface area contributed by atoms with Crippen LogP contribution in [0.1, 0.15) is 18.3 Å². The second-order valence-electron chi connectivity index (χ2n) is 4.37. The van der Waals surface area contributed by atoms with Gasteiger partial charge in [0.25, 0.3) is 5.82 Å². The van der Waals surface area contributed by atoms with Crippen molar-refractivity contribution in [3.8, 4) is 5.69 Å². The van der Waals surface area contributed by atoms with Crippen LogP contribution in [0.25, 0.3) is 5.69 Å². The van der Waals surface area contributed by atoms with E-state index in [9.17, 15) is 0 Å². The molecular weight excluding hydrogens is 214 g/mol. The van der Waals surface area contributed by atoms with E-state index in [-0.39, 0.29) is 0 Å². The fourth-order valence-electron chi connectivity index (χ4n) is 2.37. The molecule has 88 valence electrons. The first-order chi connectivity index (χ1) is 8.38. The number of hydrogen-bond acceptors (Lipinski definition) is 2. The SMILES string of the molecule is COC[C@@H]1CCc2nn(-c3ccccc3)c[n+]21. The summed E-state index contributed by atoms with van der Waals surface area (Å²) in [5, 5.41) is 4.62. The quantitative estimate of drug-likeness (QED) is 0.744. The predicted octanol–water partition coefficient (Wildman–Crippen LogP) is 1.29. The van der Waals surface area contributed by atoms with Crippen molar-refractivity contribution in [2.24, 2.45) is 0 Å². The monoisotopic (exact) mass is 230 g/mol. The van der Waals surface area contributed by atoms with E-state index >= 15 is 0 Å². The van der Waals surface area contributed by atoms with E-state index in [2.05, 4.69) is 28.1 Å². The molecule has 0 saturated heterocycles. The number of rotatable bonds is 3. The fraction of sp³-hybridized carbons (Fsp3) is 0.385. The molecule has 0 amide bonds. The van der Waals surface area contributed by atoms with Crippen molar-refractivity contribution in [3.63, 3.8) is 0 Å². The van der Waals surface area contributed by atoms with Gasteiger partial charge in [-0.2, -0.15) is 0 Å². The first-order valence-electron chi connectivity index (χ1n) is 5.92. The average molecular weight is 230 g/mol. The number of hydrogen-bond donors (Lipinski definition) is 0. The lowest BCUT2D eigenvalue weighted by atomic mass is 10.2. The van der Waals surface area contributed by atoms with Gasteiger partial charge in [-0.1, -0.05) is 22.9 Å². The molecule has 1 aromatic carbocycles. The van der Waals surface area contributed by atoms with Crippen molar-refractivity contribution in [1.82, 2.24) is 9.78 Å². The molecule has 0 radical (unpaired) electrons. The molecule has 1 aliphatic heterocycles. The van der Waals surface area contributed by atoms with Gasteiger partial charge in [-0.3, -0.25) is 0 Å². The zero-order valence-corrected chi connectivity index (χ0v) is 9.91. The van der Waals surface area contributed by atoms with Crippen LogP contribution in [0.15, 0.2) is 36.7 Å². The molecule has 0 saturated carbocycles. The first-order valence-corrected chi connectivity index (χ1v) is 5.92. The molecule has 1 aromatic heterocycles. The fourth-order valence-corrected chi connectivity index (χ4v) is 2.37. The molecule has 17 heavy (non-hydrogen) atoms. The Morgan fingerprint density at radius 2 is 2.24 bits per heavy atom. The van der Waals surface area contributed by atoms with Gasteiger partial charge in [0, 0.05) is 18.6 Å². The number of ether oxygens (including phenoxy) is 1. The summed E-state index contributed by atoms with van der Waals surface area (Å²) in [6.07, 6.45) is 4.24. The minimum Gasteiger partial charge on any atom is -0.381 e. The van der Waals surface area contributed by atoms with Crippen LogP contribution in [0.2, 0.25) is 0 Å². The van der Waals surface area contributed by atoms with Crippen molar-refractivity contribution >= 4 is 0 Å². The van der Waals surface area contributed by atoms with Gasteiger partial charge < -0.3 is 4.74 Å². The summed E-state index contributed by atoms with van der Waals surface area (Å²) in [4.78, 5) is 0. The van der Waals surface area contributed by atoms with Gasteiger partial charge in [-0.15, -0.1) is 0 Å². The second-order valence-corrected chi connectivity index (χ2v) is 4.37. The highest BCUT2D eigenvalue weighted by atomic mass is 16.5. The minimum atomic E-state index is 0.437. The Morgan fingerprint density at radius 1 is 1.41 bits per heavy atom. The molecule has 0 bridgehead atoms. The lowest BCUT2D eigenvalue weighted by Crippen LogP contribution is -2.38. The van der Waals surface area contributed by atoms with Gasteiger partial charge >= 0.3 is 0 Å². The van der Waals surface area contributed by atoms with Gasteiger partial charge in [0.2, 0.25) is 6.33 Å². The molecular formula is C13H16N3O+. The van der Waals surface area contributed by atoms with Crippen LogP contribution < -0.4 is 4.57 Å². The lowest BCUT2D eigenvalue weighted by molar-refractivity contribution is -0.718. The van der Waals surface area contributed by atoms with Gasteiger partial charge in [-0.25, -0.2) is 4.57 Å². The number of aryl methyl sites for hydroxylation is 1. The van der Waals surface area contributed by atoms with Crippen molar-refractivity contribution in [1.29, 1.82) is 0 Å². The van der Waals surface area contributed by atoms with E-state index in [1.54, 1.807) is 7.11 Å². The molecule has 0 unspecified atom stereocenters. The van der Waals surface area contributed by atoms with Crippen molar-refractivity contribution in [2.45, 2.75) is 18.9 Å². The van der Waals surface area contributed by atoms with Crippen molar-refractivity contribution in [3.05, 3.63) is 42.5 Å². The lowest BCUT2D eigenvalue weighted by Gasteiger charge is -2.05. The van der Waals surface area contributed by atoms with E-state index in [1.165, 1.54) is 0 Å². The zero-order chi connectivity index (χ0) is 11.7. The molecule has 0 N–H and O–H groups in total. The Morgan fingerprint density at radius 3 is 3.00 bits per heavy atom. The first kappa shape index (κ1) is 10.5. The normalized spacial score (nSPS) is 18.3. The van der Waals surface area contributed by atoms with Crippen LogP contribution in [-0.4, -0.2) is 23.5 Å².